The Morgan fingerprint density at radius 1 is 1.43 bits per heavy atom. The molecular weight excluding hydrogens is 280 g/mol. The summed E-state index contributed by atoms with van der Waals surface area (Å²) in [6, 6.07) is 2.02. The van der Waals surface area contributed by atoms with Gasteiger partial charge >= 0.3 is 0 Å². The highest BCUT2D eigenvalue weighted by atomic mass is 32.1. The molecule has 0 radical (unpaired) electrons. The number of aryl methyl sites for hydroxylation is 2. The average Bonchev–Trinajstić information content (AvgIpc) is 2.39. The van der Waals surface area contributed by atoms with Crippen molar-refractivity contribution in [3.63, 3.8) is 0 Å². The molecule has 116 valence electrons. The number of thiocarbonyl (C=S) groups is 1. The molecule has 5 heteroatoms. The maximum absolute atomic E-state index is 5.87. The molecule has 1 aliphatic heterocycles. The molecule has 0 aliphatic carbocycles. The van der Waals surface area contributed by atoms with Crippen LogP contribution in [-0.2, 0) is 0 Å². The Morgan fingerprint density at radius 2 is 2.05 bits per heavy atom. The number of pyridine rings is 1. The topological polar surface area (TPSA) is 54.2 Å². The largest absolute Gasteiger partial charge is 0.389 e. The first kappa shape index (κ1) is 16.2. The molecule has 1 aromatic rings. The highest BCUT2D eigenvalue weighted by Gasteiger charge is 2.29. The Hall–Kier alpha value is -1.20. The Labute approximate surface area is 133 Å². The van der Waals surface area contributed by atoms with Crippen molar-refractivity contribution in [2.45, 2.75) is 33.6 Å². The van der Waals surface area contributed by atoms with Crippen molar-refractivity contribution < 1.29 is 0 Å². The van der Waals surface area contributed by atoms with Gasteiger partial charge in [-0.15, -0.1) is 0 Å². The van der Waals surface area contributed by atoms with Gasteiger partial charge in [-0.25, -0.2) is 4.98 Å². The standard InChI is InChI=1S/C16H26N4S/c1-11-9-12(2)19-15(13(11)14(17)21)18-10-16(3)5-7-20(4)8-6-16/h9H,5-8,10H2,1-4H3,(H2,17,21)(H,18,19). The Balaban J connectivity index is 2.14. The van der Waals surface area contributed by atoms with Gasteiger partial charge in [0.1, 0.15) is 10.8 Å². The molecule has 3 N–H and O–H groups in total. The summed E-state index contributed by atoms with van der Waals surface area (Å²) in [6.07, 6.45) is 2.40. The molecule has 2 heterocycles. The first-order valence-electron chi connectivity index (χ1n) is 7.51. The van der Waals surface area contributed by atoms with E-state index in [0.717, 1.165) is 42.3 Å². The molecule has 0 aromatic carbocycles. The fraction of sp³-hybridized carbons (Fsp3) is 0.625. The van der Waals surface area contributed by atoms with Gasteiger partial charge in [0.25, 0.3) is 0 Å². The molecule has 2 rings (SSSR count). The quantitative estimate of drug-likeness (QED) is 0.837. The minimum Gasteiger partial charge on any atom is -0.389 e. The predicted molar refractivity (Wildman–Crippen MR) is 92.9 cm³/mol. The summed E-state index contributed by atoms with van der Waals surface area (Å²) in [5, 5.41) is 3.50. The molecule has 21 heavy (non-hydrogen) atoms. The van der Waals surface area contributed by atoms with Crippen molar-refractivity contribution >= 4 is 23.0 Å². The van der Waals surface area contributed by atoms with E-state index in [1.165, 1.54) is 12.8 Å². The number of nitrogens with two attached hydrogens (primary N) is 1. The molecule has 0 saturated carbocycles. The fourth-order valence-electron chi connectivity index (χ4n) is 2.91. The van der Waals surface area contributed by atoms with Gasteiger partial charge in [-0.05, 0) is 63.9 Å². The van der Waals surface area contributed by atoms with Crippen LogP contribution in [0.25, 0.3) is 0 Å². The molecule has 1 fully saturated rings. The van der Waals surface area contributed by atoms with Crippen molar-refractivity contribution in [3.8, 4) is 0 Å². The molecule has 0 atom stereocenters. The zero-order valence-corrected chi connectivity index (χ0v) is 14.3. The number of hydrogen-bond donors (Lipinski definition) is 2. The number of likely N-dealkylation sites (tertiary alicyclic amines) is 1. The Morgan fingerprint density at radius 3 is 2.62 bits per heavy atom. The average molecular weight is 306 g/mol. The van der Waals surface area contributed by atoms with Gasteiger partial charge in [-0.3, -0.25) is 0 Å². The van der Waals surface area contributed by atoms with Crippen molar-refractivity contribution in [1.82, 2.24) is 9.88 Å². The lowest BCUT2D eigenvalue weighted by Gasteiger charge is -2.38. The van der Waals surface area contributed by atoms with E-state index in [9.17, 15) is 0 Å². The third-order valence-electron chi connectivity index (χ3n) is 4.47. The van der Waals surface area contributed by atoms with Crippen LogP contribution in [0.3, 0.4) is 0 Å². The van der Waals surface area contributed by atoms with Gasteiger partial charge in [0.05, 0.1) is 5.56 Å². The normalized spacial score (nSPS) is 18.5. The highest BCUT2D eigenvalue weighted by Crippen LogP contribution is 2.31. The lowest BCUT2D eigenvalue weighted by molar-refractivity contribution is 0.150. The Kier molecular flexibility index (Phi) is 4.84. The van der Waals surface area contributed by atoms with Gasteiger partial charge < -0.3 is 16.0 Å². The van der Waals surface area contributed by atoms with Gasteiger partial charge in [0.2, 0.25) is 0 Å². The van der Waals surface area contributed by atoms with E-state index in [0.29, 0.717) is 10.4 Å². The molecule has 1 aromatic heterocycles. The van der Waals surface area contributed by atoms with Crippen molar-refractivity contribution in [1.29, 1.82) is 0 Å². The molecule has 1 saturated heterocycles. The number of hydrogen-bond acceptors (Lipinski definition) is 4. The van der Waals surface area contributed by atoms with Crippen LogP contribution in [0.1, 0.15) is 36.6 Å². The molecule has 0 amide bonds. The first-order chi connectivity index (χ1) is 9.81. The van der Waals surface area contributed by atoms with Crippen molar-refractivity contribution in [2.24, 2.45) is 11.1 Å². The number of aromatic nitrogens is 1. The second-order valence-corrected chi connectivity index (χ2v) is 7.08. The zero-order chi connectivity index (χ0) is 15.6. The van der Waals surface area contributed by atoms with Gasteiger partial charge in [-0.2, -0.15) is 0 Å². The molecule has 0 bridgehead atoms. The van der Waals surface area contributed by atoms with Crippen molar-refractivity contribution in [3.05, 3.63) is 22.9 Å². The number of nitrogens with one attached hydrogen (secondary N) is 1. The molecule has 1 aliphatic rings. The zero-order valence-electron chi connectivity index (χ0n) is 13.5. The molecule has 4 nitrogen and oxygen atoms in total. The van der Waals surface area contributed by atoms with Gasteiger partial charge in [-0.1, -0.05) is 19.1 Å². The minimum absolute atomic E-state index is 0.305. The number of nitrogens with zero attached hydrogens (tertiary/aromatic N) is 2. The van der Waals surface area contributed by atoms with Crippen molar-refractivity contribution in [2.75, 3.05) is 32.0 Å². The SMILES string of the molecule is Cc1cc(C)c(C(N)=S)c(NCC2(C)CCN(C)CC2)n1. The summed E-state index contributed by atoms with van der Waals surface area (Å²) in [5.74, 6) is 0.833. The summed E-state index contributed by atoms with van der Waals surface area (Å²) in [6.45, 7) is 9.59. The van der Waals surface area contributed by atoms with E-state index in [2.05, 4.69) is 29.2 Å². The Bertz CT molecular complexity index is 533. The van der Waals surface area contributed by atoms with Crippen LogP contribution in [0.4, 0.5) is 5.82 Å². The van der Waals surface area contributed by atoms with E-state index >= 15 is 0 Å². The number of rotatable bonds is 4. The lowest BCUT2D eigenvalue weighted by atomic mass is 9.80. The fourth-order valence-corrected chi connectivity index (χ4v) is 3.17. The van der Waals surface area contributed by atoms with Crippen LogP contribution >= 0.6 is 12.2 Å². The van der Waals surface area contributed by atoms with Crippen LogP contribution < -0.4 is 11.1 Å². The summed E-state index contributed by atoms with van der Waals surface area (Å²) >= 11 is 5.19. The minimum atomic E-state index is 0.305. The van der Waals surface area contributed by atoms with E-state index in [1.54, 1.807) is 0 Å². The monoisotopic (exact) mass is 306 g/mol. The van der Waals surface area contributed by atoms with Crippen LogP contribution in [0.2, 0.25) is 0 Å². The third-order valence-corrected chi connectivity index (χ3v) is 4.67. The van der Waals surface area contributed by atoms with Crippen LogP contribution in [0.15, 0.2) is 6.07 Å². The maximum atomic E-state index is 5.87. The summed E-state index contributed by atoms with van der Waals surface area (Å²) in [7, 11) is 2.18. The second-order valence-electron chi connectivity index (χ2n) is 6.64. The highest BCUT2D eigenvalue weighted by molar-refractivity contribution is 7.80. The van der Waals surface area contributed by atoms with Crippen LogP contribution in [-0.4, -0.2) is 41.6 Å². The van der Waals surface area contributed by atoms with E-state index in [4.69, 9.17) is 18.0 Å². The number of piperidine rings is 1. The van der Waals surface area contributed by atoms with Crippen LogP contribution in [0.5, 0.6) is 0 Å². The summed E-state index contributed by atoms with van der Waals surface area (Å²) < 4.78 is 0. The second kappa shape index (κ2) is 6.28. The maximum Gasteiger partial charge on any atom is 0.136 e. The van der Waals surface area contributed by atoms with E-state index in [-0.39, 0.29) is 0 Å². The number of anilines is 1. The van der Waals surface area contributed by atoms with Gasteiger partial charge in [0, 0.05) is 12.2 Å². The van der Waals surface area contributed by atoms with Gasteiger partial charge in [0.15, 0.2) is 0 Å². The molecule has 0 spiro atoms. The van der Waals surface area contributed by atoms with Crippen LogP contribution in [0, 0.1) is 19.3 Å². The summed E-state index contributed by atoms with van der Waals surface area (Å²) in [5.41, 5.74) is 9.13. The lowest BCUT2D eigenvalue weighted by Crippen LogP contribution is -2.40. The molecule has 0 unspecified atom stereocenters. The summed E-state index contributed by atoms with van der Waals surface area (Å²) in [4.78, 5) is 7.40. The smallest absolute Gasteiger partial charge is 0.136 e. The predicted octanol–water partition coefficient (Wildman–Crippen LogP) is 2.48. The molecular formula is C16H26N4S. The van der Waals surface area contributed by atoms with E-state index in [1.807, 2.05) is 19.9 Å². The first-order valence-corrected chi connectivity index (χ1v) is 7.92. The van der Waals surface area contributed by atoms with E-state index < -0.39 is 0 Å². The third kappa shape index (κ3) is 3.92.